The van der Waals surface area contributed by atoms with Gasteiger partial charge in [-0.1, -0.05) is 5.16 Å². The Labute approximate surface area is 108 Å². The van der Waals surface area contributed by atoms with Crippen LogP contribution >= 0.6 is 0 Å². The molecule has 2 aromatic heterocycles. The van der Waals surface area contributed by atoms with Gasteiger partial charge < -0.3 is 9.84 Å². The molecule has 0 aliphatic rings. The maximum absolute atomic E-state index is 12.2. The number of rotatable bonds is 2. The van der Waals surface area contributed by atoms with Crippen LogP contribution in [0.2, 0.25) is 0 Å². The van der Waals surface area contributed by atoms with E-state index in [-0.39, 0.29) is 5.91 Å². The molecule has 2 heterocycles. The molecule has 6 nitrogen and oxygen atoms in total. The smallest absolute Gasteiger partial charge is 0.261 e. The molecule has 0 unspecified atom stereocenters. The lowest BCUT2D eigenvalue weighted by molar-refractivity contribution is 0.102. The first-order valence-corrected chi connectivity index (χ1v) is 5.82. The number of nitrogens with one attached hydrogen (secondary N) is 2. The molecule has 0 atom stereocenters. The van der Waals surface area contributed by atoms with Gasteiger partial charge in [0.1, 0.15) is 11.3 Å². The SMILES string of the molecule is Cc1noc(C)c1C(=O)Nc1ccc2[nH]ncc2c1. The van der Waals surface area contributed by atoms with Crippen molar-refractivity contribution < 1.29 is 9.32 Å². The van der Waals surface area contributed by atoms with E-state index in [1.807, 2.05) is 18.2 Å². The van der Waals surface area contributed by atoms with Gasteiger partial charge in [-0.25, -0.2) is 0 Å². The van der Waals surface area contributed by atoms with Crippen molar-refractivity contribution in [3.05, 3.63) is 41.4 Å². The van der Waals surface area contributed by atoms with Crippen molar-refractivity contribution in [2.75, 3.05) is 5.32 Å². The second kappa shape index (κ2) is 4.24. The number of fused-ring (bicyclic) bond motifs is 1. The number of anilines is 1. The number of carbonyl (C=O) groups excluding carboxylic acids is 1. The van der Waals surface area contributed by atoms with E-state index in [0.717, 1.165) is 10.9 Å². The van der Waals surface area contributed by atoms with Gasteiger partial charge in [-0.05, 0) is 32.0 Å². The average Bonchev–Trinajstić information content (AvgIpc) is 2.95. The lowest BCUT2D eigenvalue weighted by Gasteiger charge is -2.04. The fourth-order valence-electron chi connectivity index (χ4n) is 2.02. The van der Waals surface area contributed by atoms with Gasteiger partial charge in [0.25, 0.3) is 5.91 Å². The zero-order valence-corrected chi connectivity index (χ0v) is 10.5. The van der Waals surface area contributed by atoms with E-state index in [4.69, 9.17) is 4.52 Å². The van der Waals surface area contributed by atoms with Gasteiger partial charge in [-0.3, -0.25) is 9.89 Å². The molecular formula is C13H12N4O2. The zero-order valence-electron chi connectivity index (χ0n) is 10.5. The van der Waals surface area contributed by atoms with Crippen molar-refractivity contribution in [2.24, 2.45) is 0 Å². The van der Waals surface area contributed by atoms with Crippen molar-refractivity contribution >= 4 is 22.5 Å². The third kappa shape index (κ3) is 1.97. The second-order valence-corrected chi connectivity index (χ2v) is 4.33. The minimum Gasteiger partial charge on any atom is -0.361 e. The fraction of sp³-hybridized carbons (Fsp3) is 0.154. The number of H-pyrrole nitrogens is 1. The van der Waals surface area contributed by atoms with Crippen LogP contribution in [0.15, 0.2) is 28.9 Å². The molecular weight excluding hydrogens is 244 g/mol. The van der Waals surface area contributed by atoms with Crippen LogP contribution in [0.25, 0.3) is 10.9 Å². The Morgan fingerprint density at radius 2 is 2.21 bits per heavy atom. The summed E-state index contributed by atoms with van der Waals surface area (Å²) in [6.07, 6.45) is 1.71. The largest absolute Gasteiger partial charge is 0.361 e. The Bertz CT molecular complexity index is 737. The lowest BCUT2D eigenvalue weighted by atomic mass is 10.2. The Morgan fingerprint density at radius 3 is 2.95 bits per heavy atom. The van der Waals surface area contributed by atoms with Crippen LogP contribution in [0.5, 0.6) is 0 Å². The Hall–Kier alpha value is -2.63. The Balaban J connectivity index is 1.90. The van der Waals surface area contributed by atoms with Gasteiger partial charge >= 0.3 is 0 Å². The van der Waals surface area contributed by atoms with Crippen molar-refractivity contribution in [2.45, 2.75) is 13.8 Å². The third-order valence-electron chi connectivity index (χ3n) is 2.96. The number of aryl methyl sites for hydroxylation is 2. The molecule has 19 heavy (non-hydrogen) atoms. The molecule has 6 heteroatoms. The van der Waals surface area contributed by atoms with Crippen molar-refractivity contribution in [1.82, 2.24) is 15.4 Å². The summed E-state index contributed by atoms with van der Waals surface area (Å²) >= 11 is 0. The lowest BCUT2D eigenvalue weighted by Crippen LogP contribution is -2.13. The van der Waals surface area contributed by atoms with Crippen molar-refractivity contribution in [3.63, 3.8) is 0 Å². The highest BCUT2D eigenvalue weighted by Gasteiger charge is 2.17. The standard InChI is InChI=1S/C13H12N4O2/c1-7-12(8(2)19-17-7)13(18)15-10-3-4-11-9(5-10)6-14-16-11/h3-6H,1-2H3,(H,14,16)(H,15,18). The second-order valence-electron chi connectivity index (χ2n) is 4.33. The number of aromatic nitrogens is 3. The number of nitrogens with zero attached hydrogens (tertiary/aromatic N) is 2. The molecule has 1 aromatic carbocycles. The number of hydrogen-bond acceptors (Lipinski definition) is 4. The normalized spacial score (nSPS) is 10.8. The summed E-state index contributed by atoms with van der Waals surface area (Å²) in [7, 11) is 0. The molecule has 96 valence electrons. The summed E-state index contributed by atoms with van der Waals surface area (Å²) in [5.74, 6) is 0.290. The summed E-state index contributed by atoms with van der Waals surface area (Å²) in [5, 5.41) is 14.3. The highest BCUT2D eigenvalue weighted by Crippen LogP contribution is 2.19. The molecule has 0 aliphatic carbocycles. The number of carbonyl (C=O) groups is 1. The first kappa shape index (κ1) is 11.5. The molecule has 3 aromatic rings. The van der Waals surface area contributed by atoms with E-state index < -0.39 is 0 Å². The van der Waals surface area contributed by atoms with Crippen molar-refractivity contribution in [3.8, 4) is 0 Å². The van der Waals surface area contributed by atoms with Gasteiger partial charge in [0.2, 0.25) is 0 Å². The maximum Gasteiger partial charge on any atom is 0.261 e. The van der Waals surface area contributed by atoms with E-state index in [0.29, 0.717) is 22.7 Å². The van der Waals surface area contributed by atoms with E-state index in [1.165, 1.54) is 0 Å². The summed E-state index contributed by atoms with van der Waals surface area (Å²) < 4.78 is 4.99. The van der Waals surface area contributed by atoms with Gasteiger partial charge in [0, 0.05) is 11.1 Å². The van der Waals surface area contributed by atoms with Crippen molar-refractivity contribution in [1.29, 1.82) is 0 Å². The molecule has 0 fully saturated rings. The Morgan fingerprint density at radius 1 is 1.37 bits per heavy atom. The van der Waals surface area contributed by atoms with Crippen LogP contribution < -0.4 is 5.32 Å². The van der Waals surface area contributed by atoms with Crippen LogP contribution in [0.3, 0.4) is 0 Å². The third-order valence-corrected chi connectivity index (χ3v) is 2.96. The first-order chi connectivity index (χ1) is 9.15. The fourth-order valence-corrected chi connectivity index (χ4v) is 2.02. The number of hydrogen-bond donors (Lipinski definition) is 2. The van der Waals surface area contributed by atoms with E-state index in [1.54, 1.807) is 20.0 Å². The number of aromatic amines is 1. The minimum absolute atomic E-state index is 0.223. The van der Waals surface area contributed by atoms with Gasteiger partial charge in [-0.15, -0.1) is 0 Å². The van der Waals surface area contributed by atoms with Gasteiger partial charge in [0.15, 0.2) is 0 Å². The topological polar surface area (TPSA) is 83.8 Å². The number of amides is 1. The quantitative estimate of drug-likeness (QED) is 0.737. The average molecular weight is 256 g/mol. The van der Waals surface area contributed by atoms with Crippen LogP contribution in [0.1, 0.15) is 21.8 Å². The summed E-state index contributed by atoms with van der Waals surface area (Å²) in [6.45, 7) is 3.46. The molecule has 0 saturated heterocycles. The molecule has 0 radical (unpaired) electrons. The van der Waals surface area contributed by atoms with Crippen LogP contribution in [-0.4, -0.2) is 21.3 Å². The van der Waals surface area contributed by atoms with Crippen LogP contribution in [0.4, 0.5) is 5.69 Å². The predicted molar refractivity (Wildman–Crippen MR) is 70.0 cm³/mol. The monoisotopic (exact) mass is 256 g/mol. The maximum atomic E-state index is 12.2. The van der Waals surface area contributed by atoms with E-state index >= 15 is 0 Å². The summed E-state index contributed by atoms with van der Waals surface area (Å²) in [6, 6.07) is 5.54. The molecule has 1 amide bonds. The van der Waals surface area contributed by atoms with E-state index in [9.17, 15) is 4.79 Å². The molecule has 0 aliphatic heterocycles. The highest BCUT2D eigenvalue weighted by molar-refractivity contribution is 6.06. The van der Waals surface area contributed by atoms with Gasteiger partial charge in [0.05, 0.1) is 17.4 Å². The molecule has 2 N–H and O–H groups in total. The zero-order chi connectivity index (χ0) is 13.4. The Kier molecular flexibility index (Phi) is 2.56. The highest BCUT2D eigenvalue weighted by atomic mass is 16.5. The minimum atomic E-state index is -0.223. The van der Waals surface area contributed by atoms with Crippen LogP contribution in [0, 0.1) is 13.8 Å². The molecule has 0 saturated carbocycles. The van der Waals surface area contributed by atoms with E-state index in [2.05, 4.69) is 20.7 Å². The number of benzene rings is 1. The summed E-state index contributed by atoms with van der Waals surface area (Å²) in [4.78, 5) is 12.2. The summed E-state index contributed by atoms with van der Waals surface area (Å²) in [5.41, 5.74) is 2.70. The van der Waals surface area contributed by atoms with Gasteiger partial charge in [-0.2, -0.15) is 5.10 Å². The molecule has 3 rings (SSSR count). The first-order valence-electron chi connectivity index (χ1n) is 5.82. The molecule has 0 bridgehead atoms. The molecule has 0 spiro atoms. The predicted octanol–water partition coefficient (Wildman–Crippen LogP) is 2.42. The van der Waals surface area contributed by atoms with Crippen LogP contribution in [-0.2, 0) is 0 Å².